The summed E-state index contributed by atoms with van der Waals surface area (Å²) in [6.07, 6.45) is 7.64. The fourth-order valence-electron chi connectivity index (χ4n) is 5.67. The van der Waals surface area contributed by atoms with Crippen LogP contribution in [-0.2, 0) is 0 Å². The molecule has 0 radical (unpaired) electrons. The third-order valence-electron chi connectivity index (χ3n) is 7.35. The molecule has 2 atom stereocenters. The largest absolute Gasteiger partial charge is 0.497 e. The first-order chi connectivity index (χ1) is 15.3. The molecule has 162 valence electrons. The van der Waals surface area contributed by atoms with E-state index in [1.54, 1.807) is 7.11 Å². The van der Waals surface area contributed by atoms with Crippen LogP contribution in [0, 0.1) is 11.8 Å². The summed E-state index contributed by atoms with van der Waals surface area (Å²) < 4.78 is 5.37. The van der Waals surface area contributed by atoms with E-state index >= 15 is 0 Å². The zero-order valence-electron chi connectivity index (χ0n) is 18.8. The van der Waals surface area contributed by atoms with E-state index in [1.165, 1.54) is 74.0 Å². The molecule has 0 aromatic heterocycles. The summed E-state index contributed by atoms with van der Waals surface area (Å²) in [5.41, 5.74) is 5.56. The van der Waals surface area contributed by atoms with E-state index in [4.69, 9.17) is 4.74 Å². The van der Waals surface area contributed by atoms with E-state index in [9.17, 15) is 0 Å². The Bertz CT molecular complexity index is 949. The number of benzene rings is 2. The number of rotatable bonds is 4. The Balaban J connectivity index is 1.36. The summed E-state index contributed by atoms with van der Waals surface area (Å²) in [7, 11) is 1.73. The van der Waals surface area contributed by atoms with Crippen molar-refractivity contribution in [3.63, 3.8) is 0 Å². The number of hydrogen-bond donors (Lipinski definition) is 0. The predicted octanol–water partition coefficient (Wildman–Crippen LogP) is 5.21. The second-order valence-electron chi connectivity index (χ2n) is 9.28. The van der Waals surface area contributed by atoms with Crippen molar-refractivity contribution in [2.45, 2.75) is 50.5 Å². The van der Waals surface area contributed by atoms with Gasteiger partial charge in [0.1, 0.15) is 5.75 Å². The smallest absolute Gasteiger partial charge is 0.118 e. The maximum Gasteiger partial charge on any atom is 0.118 e. The average molecular weight is 415 g/mol. The molecule has 3 aliphatic heterocycles. The summed E-state index contributed by atoms with van der Waals surface area (Å²) in [5.74, 6) is 8.28. The number of piperidine rings is 1. The highest BCUT2D eigenvalue weighted by Crippen LogP contribution is 2.44. The summed E-state index contributed by atoms with van der Waals surface area (Å²) in [6, 6.07) is 16.2. The third-order valence-corrected chi connectivity index (χ3v) is 7.35. The van der Waals surface area contributed by atoms with Gasteiger partial charge in [0.05, 0.1) is 7.11 Å². The van der Waals surface area contributed by atoms with Crippen LogP contribution in [0.15, 0.2) is 42.5 Å². The Hall–Kier alpha value is -2.28. The SMILES string of the molecule is COc1ccc(C2CN3CCCC3c3cc(C#CCCN4CCCCC4)ccc32)cc1. The molecule has 2 saturated heterocycles. The molecule has 0 spiro atoms. The Kier molecular flexibility index (Phi) is 6.30. The second-order valence-corrected chi connectivity index (χ2v) is 9.28. The lowest BCUT2D eigenvalue weighted by Gasteiger charge is -2.37. The molecule has 2 aromatic carbocycles. The molecule has 3 aliphatic rings. The van der Waals surface area contributed by atoms with Gasteiger partial charge in [0, 0.05) is 37.0 Å². The van der Waals surface area contributed by atoms with Gasteiger partial charge in [-0.05, 0) is 86.3 Å². The summed E-state index contributed by atoms with van der Waals surface area (Å²) in [4.78, 5) is 5.26. The predicted molar refractivity (Wildman–Crippen MR) is 127 cm³/mol. The summed E-state index contributed by atoms with van der Waals surface area (Å²) in [6.45, 7) is 5.96. The summed E-state index contributed by atoms with van der Waals surface area (Å²) in [5, 5.41) is 0. The van der Waals surface area contributed by atoms with Gasteiger partial charge in [-0.3, -0.25) is 4.90 Å². The van der Waals surface area contributed by atoms with Gasteiger partial charge in [0.15, 0.2) is 0 Å². The molecule has 2 fully saturated rings. The van der Waals surface area contributed by atoms with Crippen LogP contribution in [0.1, 0.15) is 72.7 Å². The van der Waals surface area contributed by atoms with Crippen molar-refractivity contribution in [2.24, 2.45) is 0 Å². The average Bonchev–Trinajstić information content (AvgIpc) is 3.31. The number of ether oxygens (including phenoxy) is 1. The van der Waals surface area contributed by atoms with Crippen molar-refractivity contribution >= 4 is 0 Å². The van der Waals surface area contributed by atoms with Gasteiger partial charge >= 0.3 is 0 Å². The quantitative estimate of drug-likeness (QED) is 0.639. The van der Waals surface area contributed by atoms with Crippen molar-refractivity contribution in [3.8, 4) is 17.6 Å². The molecule has 0 N–H and O–H groups in total. The van der Waals surface area contributed by atoms with Crippen molar-refractivity contribution < 1.29 is 4.74 Å². The maximum absolute atomic E-state index is 5.37. The van der Waals surface area contributed by atoms with Crippen LogP contribution < -0.4 is 4.74 Å². The molecule has 0 saturated carbocycles. The van der Waals surface area contributed by atoms with Crippen molar-refractivity contribution in [1.82, 2.24) is 9.80 Å². The van der Waals surface area contributed by atoms with Crippen molar-refractivity contribution in [3.05, 3.63) is 64.7 Å². The minimum atomic E-state index is 0.427. The first-order valence-corrected chi connectivity index (χ1v) is 12.0. The first-order valence-electron chi connectivity index (χ1n) is 12.0. The normalized spacial score (nSPS) is 23.5. The minimum absolute atomic E-state index is 0.427. The maximum atomic E-state index is 5.37. The fraction of sp³-hybridized carbons (Fsp3) is 0.500. The van der Waals surface area contributed by atoms with Gasteiger partial charge < -0.3 is 9.64 Å². The number of likely N-dealkylation sites (tertiary alicyclic amines) is 1. The standard InChI is InChI=1S/C28H34N2O/c1-31-24-13-11-23(12-14-24)27-21-30-19-7-9-28(30)26-20-22(10-15-25(26)27)8-3-6-18-29-16-4-2-5-17-29/h10-15,20,27-28H,2,4-7,9,16-19,21H2,1H3. The zero-order chi connectivity index (χ0) is 21.0. The Morgan fingerprint density at radius 3 is 2.58 bits per heavy atom. The van der Waals surface area contributed by atoms with Gasteiger partial charge in [-0.1, -0.05) is 36.5 Å². The van der Waals surface area contributed by atoms with Crippen LogP contribution in [0.5, 0.6) is 5.75 Å². The topological polar surface area (TPSA) is 15.7 Å². The third kappa shape index (κ3) is 4.52. The van der Waals surface area contributed by atoms with Gasteiger partial charge in [-0.2, -0.15) is 0 Å². The van der Waals surface area contributed by atoms with Crippen LogP contribution in [-0.4, -0.2) is 49.6 Å². The van der Waals surface area contributed by atoms with Crippen LogP contribution in [0.3, 0.4) is 0 Å². The van der Waals surface area contributed by atoms with Crippen molar-refractivity contribution in [1.29, 1.82) is 0 Å². The Morgan fingerprint density at radius 1 is 0.935 bits per heavy atom. The zero-order valence-corrected chi connectivity index (χ0v) is 18.8. The molecular weight excluding hydrogens is 380 g/mol. The van der Waals surface area contributed by atoms with Gasteiger partial charge in [-0.25, -0.2) is 0 Å². The molecule has 0 amide bonds. The Labute approximate surface area is 187 Å². The van der Waals surface area contributed by atoms with Gasteiger partial charge in [-0.15, -0.1) is 0 Å². The molecular formula is C28H34N2O. The van der Waals surface area contributed by atoms with E-state index < -0.39 is 0 Å². The van der Waals surface area contributed by atoms with Crippen LogP contribution >= 0.6 is 0 Å². The highest BCUT2D eigenvalue weighted by Gasteiger charge is 2.36. The molecule has 31 heavy (non-hydrogen) atoms. The molecule has 3 nitrogen and oxygen atoms in total. The van der Waals surface area contributed by atoms with E-state index in [0.29, 0.717) is 12.0 Å². The van der Waals surface area contributed by atoms with Gasteiger partial charge in [0.25, 0.3) is 0 Å². The lowest BCUT2D eigenvalue weighted by molar-refractivity contribution is 0.230. The molecule has 5 rings (SSSR count). The highest BCUT2D eigenvalue weighted by atomic mass is 16.5. The van der Waals surface area contributed by atoms with Crippen LogP contribution in [0.2, 0.25) is 0 Å². The highest BCUT2D eigenvalue weighted by molar-refractivity contribution is 5.49. The molecule has 0 aliphatic carbocycles. The van der Waals surface area contributed by atoms with E-state index in [-0.39, 0.29) is 0 Å². The lowest BCUT2D eigenvalue weighted by Crippen LogP contribution is -2.34. The number of hydrogen-bond acceptors (Lipinski definition) is 3. The summed E-state index contributed by atoms with van der Waals surface area (Å²) >= 11 is 0. The molecule has 3 heterocycles. The Morgan fingerprint density at radius 2 is 1.77 bits per heavy atom. The van der Waals surface area contributed by atoms with Gasteiger partial charge in [0.2, 0.25) is 0 Å². The molecule has 2 unspecified atom stereocenters. The van der Waals surface area contributed by atoms with Crippen LogP contribution in [0.25, 0.3) is 0 Å². The molecule has 3 heteroatoms. The minimum Gasteiger partial charge on any atom is -0.497 e. The van der Waals surface area contributed by atoms with E-state index in [1.807, 2.05) is 0 Å². The second kappa shape index (κ2) is 9.47. The first kappa shape index (κ1) is 20.6. The van der Waals surface area contributed by atoms with E-state index in [0.717, 1.165) is 25.3 Å². The number of methoxy groups -OCH3 is 1. The lowest BCUT2D eigenvalue weighted by atomic mass is 9.81. The van der Waals surface area contributed by atoms with E-state index in [2.05, 4.69) is 64.1 Å². The number of fused-ring (bicyclic) bond motifs is 3. The molecule has 0 bridgehead atoms. The molecule has 2 aromatic rings. The van der Waals surface area contributed by atoms with Crippen molar-refractivity contribution in [2.75, 3.05) is 39.8 Å². The monoisotopic (exact) mass is 414 g/mol. The van der Waals surface area contributed by atoms with Crippen LogP contribution in [0.4, 0.5) is 0 Å². The number of nitrogens with zero attached hydrogens (tertiary/aromatic N) is 2. The fourth-order valence-corrected chi connectivity index (χ4v) is 5.67.